The van der Waals surface area contributed by atoms with Gasteiger partial charge in [0.25, 0.3) is 15.7 Å². The van der Waals surface area contributed by atoms with E-state index < -0.39 is 26.4 Å². The summed E-state index contributed by atoms with van der Waals surface area (Å²) in [5, 5.41) is 26.0. The normalized spacial score (nSPS) is 11.5. The molecule has 0 aliphatic carbocycles. The minimum atomic E-state index is -3.90. The van der Waals surface area contributed by atoms with Gasteiger partial charge >= 0.3 is 0 Å². The summed E-state index contributed by atoms with van der Waals surface area (Å²) in [6, 6.07) is 9.51. The molecule has 0 atom stereocenters. The number of hydrogen-bond donors (Lipinski definition) is 1. The Morgan fingerprint density at radius 1 is 1.22 bits per heavy atom. The van der Waals surface area contributed by atoms with Crippen LogP contribution in [0, 0.1) is 10.1 Å². The van der Waals surface area contributed by atoms with Crippen LogP contribution in [0.4, 0.5) is 5.69 Å². The molecule has 23 heavy (non-hydrogen) atoms. The van der Waals surface area contributed by atoms with Gasteiger partial charge < -0.3 is 5.11 Å². The van der Waals surface area contributed by atoms with Crippen LogP contribution in [0.15, 0.2) is 52.5 Å². The van der Waals surface area contributed by atoms with Gasteiger partial charge in [-0.25, -0.2) is 4.83 Å². The lowest BCUT2D eigenvalue weighted by molar-refractivity contribution is -0.398. The predicted octanol–water partition coefficient (Wildman–Crippen LogP) is 1.63. The standard InChI is InChI=1S/C13H10ClN3O5S/c14-10-6-9(13(18)12(7-10)17(19)20)8-15-16-23(21,22)11-4-2-1-3-5-11/h1-8,16,18H/p-1/b15-8-. The number of rotatable bonds is 5. The number of hydrazone groups is 1. The summed E-state index contributed by atoms with van der Waals surface area (Å²) in [5.74, 6) is -0.915. The topological polar surface area (TPSA) is 125 Å². The Labute approximate surface area is 136 Å². The molecule has 1 N–H and O–H groups in total. The average Bonchev–Trinajstić information content (AvgIpc) is 2.51. The molecule has 10 heteroatoms. The van der Waals surface area contributed by atoms with E-state index >= 15 is 0 Å². The molecule has 0 spiro atoms. The maximum Gasteiger partial charge on any atom is 0.276 e. The molecule has 2 rings (SSSR count). The summed E-state index contributed by atoms with van der Waals surface area (Å²) >= 11 is 5.69. The number of hydrogen-bond acceptors (Lipinski definition) is 6. The number of benzene rings is 2. The monoisotopic (exact) mass is 354 g/mol. The Morgan fingerprint density at radius 2 is 1.87 bits per heavy atom. The summed E-state index contributed by atoms with van der Waals surface area (Å²) in [4.78, 5) is 11.8. The maximum absolute atomic E-state index is 11.9. The van der Waals surface area contributed by atoms with Crippen LogP contribution in [0.2, 0.25) is 5.02 Å². The molecule has 0 radical (unpaired) electrons. The van der Waals surface area contributed by atoms with Gasteiger partial charge in [-0.05, 0) is 29.5 Å². The second-order valence-electron chi connectivity index (χ2n) is 4.27. The highest BCUT2D eigenvalue weighted by Gasteiger charge is 2.13. The van der Waals surface area contributed by atoms with Crippen LogP contribution in [0.1, 0.15) is 5.56 Å². The fourth-order valence-electron chi connectivity index (χ4n) is 1.65. The minimum absolute atomic E-state index is 0.0171. The first-order valence-electron chi connectivity index (χ1n) is 6.06. The molecule has 0 bridgehead atoms. The van der Waals surface area contributed by atoms with E-state index in [9.17, 15) is 23.6 Å². The molecule has 8 nitrogen and oxygen atoms in total. The minimum Gasteiger partial charge on any atom is -0.867 e. The van der Waals surface area contributed by atoms with Crippen LogP contribution < -0.4 is 9.94 Å². The summed E-state index contributed by atoms with van der Waals surface area (Å²) in [6.07, 6.45) is 0.863. The molecule has 0 aromatic heterocycles. The first-order chi connectivity index (χ1) is 10.8. The van der Waals surface area contributed by atoms with Crippen LogP contribution in [0.25, 0.3) is 0 Å². The first kappa shape index (κ1) is 16.7. The van der Waals surface area contributed by atoms with Crippen molar-refractivity contribution in [3.8, 4) is 5.75 Å². The highest BCUT2D eigenvalue weighted by atomic mass is 35.5. The molecular weight excluding hydrogens is 346 g/mol. The Morgan fingerprint density at radius 3 is 2.48 bits per heavy atom. The lowest BCUT2D eigenvalue weighted by Crippen LogP contribution is -2.18. The van der Waals surface area contributed by atoms with Gasteiger partial charge in [0.2, 0.25) is 0 Å². The molecule has 0 saturated carbocycles. The van der Waals surface area contributed by atoms with Crippen molar-refractivity contribution in [2.45, 2.75) is 4.90 Å². The van der Waals surface area contributed by atoms with E-state index in [0.717, 1.165) is 18.3 Å². The van der Waals surface area contributed by atoms with E-state index in [1.54, 1.807) is 6.07 Å². The van der Waals surface area contributed by atoms with Gasteiger partial charge in [-0.15, -0.1) is 0 Å². The Bertz CT molecular complexity index is 869. The molecule has 120 valence electrons. The summed E-state index contributed by atoms with van der Waals surface area (Å²) in [5.41, 5.74) is -0.926. The SMILES string of the molecule is O=[N+]([O-])c1cc(Cl)cc(/C=N\NS(=O)(=O)c2ccccc2)c1[O-]. The number of nitrogens with one attached hydrogen (secondary N) is 1. The van der Waals surface area contributed by atoms with E-state index in [4.69, 9.17) is 11.6 Å². The van der Waals surface area contributed by atoms with Crippen molar-refractivity contribution in [1.82, 2.24) is 4.83 Å². The molecule has 0 saturated heterocycles. The van der Waals surface area contributed by atoms with Crippen molar-refractivity contribution < 1.29 is 18.4 Å². The lowest BCUT2D eigenvalue weighted by atomic mass is 10.2. The van der Waals surface area contributed by atoms with Crippen molar-refractivity contribution in [1.29, 1.82) is 0 Å². The number of nitrogens with zero attached hydrogens (tertiary/aromatic N) is 2. The lowest BCUT2D eigenvalue weighted by Gasteiger charge is -2.10. The zero-order chi connectivity index (χ0) is 17.0. The van der Waals surface area contributed by atoms with Gasteiger partial charge in [0, 0.05) is 11.1 Å². The van der Waals surface area contributed by atoms with Crippen molar-refractivity contribution >= 4 is 33.5 Å². The fraction of sp³-hybridized carbons (Fsp3) is 0. The van der Waals surface area contributed by atoms with Gasteiger partial charge in [-0.1, -0.05) is 29.8 Å². The maximum atomic E-state index is 11.9. The highest BCUT2D eigenvalue weighted by molar-refractivity contribution is 7.89. The number of nitro benzene ring substituents is 1. The third-order valence-corrected chi connectivity index (χ3v) is 4.15. The van der Waals surface area contributed by atoms with E-state index in [1.165, 1.54) is 24.3 Å². The van der Waals surface area contributed by atoms with E-state index in [2.05, 4.69) is 5.10 Å². The second kappa shape index (κ2) is 6.63. The van der Waals surface area contributed by atoms with Crippen molar-refractivity contribution in [3.05, 3.63) is 63.2 Å². The Kier molecular flexibility index (Phi) is 4.82. The average molecular weight is 355 g/mol. The van der Waals surface area contributed by atoms with E-state index in [1.807, 2.05) is 4.83 Å². The van der Waals surface area contributed by atoms with Gasteiger partial charge in [-0.3, -0.25) is 10.1 Å². The molecular formula is C13H9ClN3O5S-. The second-order valence-corrected chi connectivity index (χ2v) is 6.36. The molecule has 0 heterocycles. The van der Waals surface area contributed by atoms with Crippen LogP contribution in [-0.4, -0.2) is 19.6 Å². The van der Waals surface area contributed by atoms with Crippen LogP contribution in [0.5, 0.6) is 5.75 Å². The first-order valence-corrected chi connectivity index (χ1v) is 7.92. The molecule has 0 unspecified atom stereocenters. The number of sulfonamides is 1. The molecule has 0 amide bonds. The molecule has 0 fully saturated rings. The Hall–Kier alpha value is -2.65. The summed E-state index contributed by atoms with van der Waals surface area (Å²) < 4.78 is 23.8. The van der Waals surface area contributed by atoms with Gasteiger partial charge in [0.05, 0.1) is 16.0 Å². The fourth-order valence-corrected chi connectivity index (χ4v) is 2.68. The number of halogens is 1. The highest BCUT2D eigenvalue weighted by Crippen LogP contribution is 2.29. The van der Waals surface area contributed by atoms with Crippen molar-refractivity contribution in [2.24, 2.45) is 5.10 Å². The van der Waals surface area contributed by atoms with Gasteiger partial charge in [0.1, 0.15) is 0 Å². The molecule has 2 aromatic carbocycles. The predicted molar refractivity (Wildman–Crippen MR) is 81.9 cm³/mol. The Balaban J connectivity index is 2.27. The third kappa shape index (κ3) is 3.96. The van der Waals surface area contributed by atoms with Crippen molar-refractivity contribution in [3.63, 3.8) is 0 Å². The van der Waals surface area contributed by atoms with Crippen molar-refractivity contribution in [2.75, 3.05) is 0 Å². The zero-order valence-corrected chi connectivity index (χ0v) is 12.9. The zero-order valence-electron chi connectivity index (χ0n) is 11.3. The molecule has 2 aromatic rings. The largest absolute Gasteiger partial charge is 0.867 e. The summed E-state index contributed by atoms with van der Waals surface area (Å²) in [7, 11) is -3.90. The van der Waals surface area contributed by atoms with E-state index in [0.29, 0.717) is 0 Å². The summed E-state index contributed by atoms with van der Waals surface area (Å²) in [6.45, 7) is 0. The smallest absolute Gasteiger partial charge is 0.276 e. The quantitative estimate of drug-likeness (QED) is 0.496. The van der Waals surface area contributed by atoms with Crippen LogP contribution in [-0.2, 0) is 10.0 Å². The van der Waals surface area contributed by atoms with Crippen LogP contribution in [0.3, 0.4) is 0 Å². The number of nitro groups is 1. The molecule has 0 aliphatic rings. The van der Waals surface area contributed by atoms with Crippen LogP contribution >= 0.6 is 11.6 Å². The third-order valence-electron chi connectivity index (χ3n) is 2.69. The molecule has 0 aliphatic heterocycles. The van der Waals surface area contributed by atoms with Gasteiger partial charge in [-0.2, -0.15) is 13.5 Å². The van der Waals surface area contributed by atoms with E-state index in [-0.39, 0.29) is 15.5 Å². The van der Waals surface area contributed by atoms with Gasteiger partial charge in [0.15, 0.2) is 0 Å².